The molecule has 0 saturated heterocycles. The smallest absolute Gasteiger partial charge is 0.243 e. The summed E-state index contributed by atoms with van der Waals surface area (Å²) in [4.78, 5) is 25.8. The summed E-state index contributed by atoms with van der Waals surface area (Å²) in [6.45, 7) is 0.668. The SMILES string of the molecule is COc1ccc(CCN(C)CC(=O)NCC(=O)Nc2ccc(F)cc2)cc1OC. The summed E-state index contributed by atoms with van der Waals surface area (Å²) in [5.74, 6) is 0.319. The van der Waals surface area contributed by atoms with Crippen LogP contribution in [-0.4, -0.2) is 57.6 Å². The monoisotopic (exact) mass is 403 g/mol. The summed E-state index contributed by atoms with van der Waals surface area (Å²) in [5.41, 5.74) is 1.53. The third-order valence-corrected chi connectivity index (χ3v) is 4.22. The second kappa shape index (κ2) is 11.0. The number of likely N-dealkylation sites (N-methyl/N-ethyl adjacent to an activating group) is 1. The number of carbonyl (C=O) groups is 2. The second-order valence-electron chi connectivity index (χ2n) is 6.51. The highest BCUT2D eigenvalue weighted by Gasteiger charge is 2.10. The minimum atomic E-state index is -0.382. The van der Waals surface area contributed by atoms with Gasteiger partial charge in [0.2, 0.25) is 11.8 Å². The fraction of sp³-hybridized carbons (Fsp3) is 0.333. The zero-order valence-corrected chi connectivity index (χ0v) is 16.8. The molecule has 0 fully saturated rings. The van der Waals surface area contributed by atoms with Crippen LogP contribution in [0.1, 0.15) is 5.56 Å². The molecule has 0 bridgehead atoms. The number of nitrogens with zero attached hydrogens (tertiary/aromatic N) is 1. The number of methoxy groups -OCH3 is 2. The molecule has 0 aliphatic carbocycles. The lowest BCUT2D eigenvalue weighted by Gasteiger charge is -2.17. The van der Waals surface area contributed by atoms with Crippen molar-refractivity contribution in [1.29, 1.82) is 0 Å². The number of nitrogens with one attached hydrogen (secondary N) is 2. The summed E-state index contributed by atoms with van der Waals surface area (Å²) in [6.07, 6.45) is 0.731. The predicted molar refractivity (Wildman–Crippen MR) is 109 cm³/mol. The Morgan fingerprint density at radius 3 is 2.34 bits per heavy atom. The van der Waals surface area contributed by atoms with Gasteiger partial charge in [-0.15, -0.1) is 0 Å². The van der Waals surface area contributed by atoms with Gasteiger partial charge in [0.1, 0.15) is 5.82 Å². The van der Waals surface area contributed by atoms with Crippen molar-refractivity contribution >= 4 is 17.5 Å². The van der Waals surface area contributed by atoms with Gasteiger partial charge < -0.3 is 20.1 Å². The van der Waals surface area contributed by atoms with E-state index in [1.54, 1.807) is 14.2 Å². The molecule has 2 rings (SSSR count). The molecular weight excluding hydrogens is 377 g/mol. The van der Waals surface area contributed by atoms with Crippen molar-refractivity contribution in [2.75, 3.05) is 46.2 Å². The van der Waals surface area contributed by atoms with E-state index in [-0.39, 0.29) is 30.7 Å². The van der Waals surface area contributed by atoms with Gasteiger partial charge in [-0.05, 0) is 55.4 Å². The number of rotatable bonds is 10. The van der Waals surface area contributed by atoms with E-state index in [4.69, 9.17) is 9.47 Å². The number of halogens is 1. The molecule has 2 amide bonds. The summed E-state index contributed by atoms with van der Waals surface area (Å²) in [6, 6.07) is 11.1. The van der Waals surface area contributed by atoms with Gasteiger partial charge in [0.05, 0.1) is 27.3 Å². The molecular formula is C21H26FN3O4. The molecule has 0 heterocycles. The molecule has 0 radical (unpaired) electrons. The van der Waals surface area contributed by atoms with Crippen molar-refractivity contribution in [3.05, 3.63) is 53.8 Å². The quantitative estimate of drug-likeness (QED) is 0.635. The van der Waals surface area contributed by atoms with Crippen molar-refractivity contribution in [1.82, 2.24) is 10.2 Å². The number of anilines is 1. The molecule has 2 N–H and O–H groups in total. The first-order valence-corrected chi connectivity index (χ1v) is 9.13. The molecule has 2 aromatic rings. The van der Waals surface area contributed by atoms with Gasteiger partial charge in [-0.3, -0.25) is 14.5 Å². The Balaban J connectivity index is 1.71. The van der Waals surface area contributed by atoms with Crippen LogP contribution in [0.2, 0.25) is 0 Å². The summed E-state index contributed by atoms with van der Waals surface area (Å²) in [5, 5.41) is 5.16. The standard InChI is InChI=1S/C21H26FN3O4/c1-25(11-10-15-4-9-18(28-2)19(12-15)29-3)14-21(27)23-13-20(26)24-17-7-5-16(22)6-8-17/h4-9,12H,10-11,13-14H2,1-3H3,(H,23,27)(H,24,26). The third kappa shape index (κ3) is 7.42. The zero-order valence-electron chi connectivity index (χ0n) is 16.8. The first-order chi connectivity index (χ1) is 13.9. The van der Waals surface area contributed by atoms with Gasteiger partial charge >= 0.3 is 0 Å². The van der Waals surface area contributed by atoms with Crippen LogP contribution in [0, 0.1) is 5.82 Å². The van der Waals surface area contributed by atoms with Crippen molar-refractivity contribution in [3.8, 4) is 11.5 Å². The van der Waals surface area contributed by atoms with Gasteiger partial charge in [-0.2, -0.15) is 0 Å². The van der Waals surface area contributed by atoms with E-state index in [0.717, 1.165) is 12.0 Å². The molecule has 0 spiro atoms. The number of hydrogen-bond donors (Lipinski definition) is 2. The van der Waals surface area contributed by atoms with Gasteiger partial charge in [-0.1, -0.05) is 6.07 Å². The van der Waals surface area contributed by atoms with Crippen LogP contribution in [0.25, 0.3) is 0 Å². The number of ether oxygens (including phenoxy) is 2. The van der Waals surface area contributed by atoms with Crippen LogP contribution in [0.5, 0.6) is 11.5 Å². The molecule has 156 valence electrons. The summed E-state index contributed by atoms with van der Waals surface area (Å²) in [7, 11) is 5.01. The Morgan fingerprint density at radius 1 is 1.00 bits per heavy atom. The Morgan fingerprint density at radius 2 is 1.69 bits per heavy atom. The van der Waals surface area contributed by atoms with Gasteiger partial charge in [-0.25, -0.2) is 4.39 Å². The number of benzene rings is 2. The van der Waals surface area contributed by atoms with E-state index in [1.807, 2.05) is 30.1 Å². The van der Waals surface area contributed by atoms with Crippen LogP contribution in [-0.2, 0) is 16.0 Å². The van der Waals surface area contributed by atoms with Crippen LogP contribution in [0.4, 0.5) is 10.1 Å². The average Bonchev–Trinajstić information content (AvgIpc) is 2.72. The first kappa shape index (κ1) is 22.2. The lowest BCUT2D eigenvalue weighted by molar-refractivity contribution is -0.124. The maximum atomic E-state index is 12.9. The van der Waals surface area contributed by atoms with E-state index >= 15 is 0 Å². The Kier molecular flexibility index (Phi) is 8.42. The largest absolute Gasteiger partial charge is 0.493 e. The predicted octanol–water partition coefficient (Wildman–Crippen LogP) is 2.07. The Bertz CT molecular complexity index is 827. The highest BCUT2D eigenvalue weighted by Crippen LogP contribution is 2.27. The average molecular weight is 403 g/mol. The molecule has 0 atom stereocenters. The maximum absolute atomic E-state index is 12.9. The van der Waals surface area contributed by atoms with Crippen LogP contribution in [0.3, 0.4) is 0 Å². The van der Waals surface area contributed by atoms with Crippen molar-refractivity contribution < 1.29 is 23.5 Å². The van der Waals surface area contributed by atoms with Gasteiger partial charge in [0, 0.05) is 12.2 Å². The Labute approximate surface area is 169 Å². The molecule has 0 aromatic heterocycles. The van der Waals surface area contributed by atoms with Crippen LogP contribution in [0.15, 0.2) is 42.5 Å². The van der Waals surface area contributed by atoms with E-state index < -0.39 is 0 Å². The third-order valence-electron chi connectivity index (χ3n) is 4.22. The fourth-order valence-corrected chi connectivity index (χ4v) is 2.65. The highest BCUT2D eigenvalue weighted by atomic mass is 19.1. The van der Waals surface area contributed by atoms with E-state index in [0.29, 0.717) is 23.7 Å². The van der Waals surface area contributed by atoms with Gasteiger partial charge in [0.15, 0.2) is 11.5 Å². The van der Waals surface area contributed by atoms with Crippen LogP contribution < -0.4 is 20.1 Å². The summed E-state index contributed by atoms with van der Waals surface area (Å²) < 4.78 is 23.4. The van der Waals surface area contributed by atoms with Crippen molar-refractivity contribution in [2.45, 2.75) is 6.42 Å². The molecule has 7 nitrogen and oxygen atoms in total. The summed E-state index contributed by atoms with van der Waals surface area (Å²) >= 11 is 0. The van der Waals surface area contributed by atoms with Crippen LogP contribution >= 0.6 is 0 Å². The fourth-order valence-electron chi connectivity index (χ4n) is 2.65. The van der Waals surface area contributed by atoms with E-state index in [9.17, 15) is 14.0 Å². The van der Waals surface area contributed by atoms with E-state index in [1.165, 1.54) is 24.3 Å². The second-order valence-corrected chi connectivity index (χ2v) is 6.51. The zero-order chi connectivity index (χ0) is 21.2. The molecule has 0 unspecified atom stereocenters. The minimum absolute atomic E-state index is 0.153. The minimum Gasteiger partial charge on any atom is -0.493 e. The first-order valence-electron chi connectivity index (χ1n) is 9.13. The lowest BCUT2D eigenvalue weighted by Crippen LogP contribution is -2.39. The number of carbonyl (C=O) groups excluding carboxylic acids is 2. The lowest BCUT2D eigenvalue weighted by atomic mass is 10.1. The van der Waals surface area contributed by atoms with E-state index in [2.05, 4.69) is 10.6 Å². The normalized spacial score (nSPS) is 10.5. The maximum Gasteiger partial charge on any atom is 0.243 e. The number of amides is 2. The molecule has 0 saturated carbocycles. The number of hydrogen-bond acceptors (Lipinski definition) is 5. The highest BCUT2D eigenvalue weighted by molar-refractivity contribution is 5.94. The van der Waals surface area contributed by atoms with Crippen molar-refractivity contribution in [2.24, 2.45) is 0 Å². The Hall–Kier alpha value is -3.13. The molecule has 0 aliphatic heterocycles. The van der Waals surface area contributed by atoms with Gasteiger partial charge in [0.25, 0.3) is 0 Å². The topological polar surface area (TPSA) is 79.9 Å². The molecule has 8 heteroatoms. The molecule has 2 aromatic carbocycles. The van der Waals surface area contributed by atoms with Crippen molar-refractivity contribution in [3.63, 3.8) is 0 Å². The molecule has 0 aliphatic rings. The molecule has 29 heavy (non-hydrogen) atoms.